The molecule has 0 saturated carbocycles. The first-order valence-electron chi connectivity index (χ1n) is 17.9. The minimum atomic E-state index is 1.22. The maximum absolute atomic E-state index is 2.57. The summed E-state index contributed by atoms with van der Waals surface area (Å²) >= 11 is 0. The van der Waals surface area contributed by atoms with Gasteiger partial charge in [-0.2, -0.15) is 0 Å². The molecule has 0 fully saturated rings. The van der Waals surface area contributed by atoms with E-state index in [-0.39, 0.29) is 0 Å². The molecule has 0 atom stereocenters. The molecule has 0 unspecified atom stereocenters. The Morgan fingerprint density at radius 2 is 0.816 bits per heavy atom. The third kappa shape index (κ3) is 20.2. The van der Waals surface area contributed by atoms with Crippen LogP contribution in [0.25, 0.3) is 0 Å². The number of nitrogens with zero attached hydrogens (tertiary/aromatic N) is 2. The van der Waals surface area contributed by atoms with Crippen molar-refractivity contribution in [2.24, 2.45) is 0 Å². The maximum atomic E-state index is 2.57. The van der Waals surface area contributed by atoms with Crippen LogP contribution in [0.2, 0.25) is 0 Å². The van der Waals surface area contributed by atoms with Gasteiger partial charge in [0, 0.05) is 6.42 Å². The van der Waals surface area contributed by atoms with Crippen molar-refractivity contribution in [2.75, 3.05) is 0 Å². The van der Waals surface area contributed by atoms with E-state index in [0.29, 0.717) is 0 Å². The van der Waals surface area contributed by atoms with Crippen LogP contribution in [0.5, 0.6) is 0 Å². The summed E-state index contributed by atoms with van der Waals surface area (Å²) in [4.78, 5) is 0. The Bertz CT molecular complexity index is 590. The number of rotatable bonds is 30. The van der Waals surface area contributed by atoms with Crippen LogP contribution < -0.4 is 4.57 Å². The molecule has 0 aliphatic carbocycles. The second kappa shape index (κ2) is 27.8. The summed E-state index contributed by atoms with van der Waals surface area (Å²) in [7, 11) is 0. The van der Waals surface area contributed by atoms with E-state index in [1.165, 1.54) is 193 Å². The summed E-state index contributed by atoms with van der Waals surface area (Å²) in [5.74, 6) is 1.57. The average molecular weight is 532 g/mol. The molecule has 0 saturated heterocycles. The second-order valence-corrected chi connectivity index (χ2v) is 12.3. The molecule has 0 spiro atoms. The summed E-state index contributed by atoms with van der Waals surface area (Å²) in [5, 5.41) is 0. The Hall–Kier alpha value is -0.790. The third-order valence-corrected chi connectivity index (χ3v) is 8.57. The highest BCUT2D eigenvalue weighted by molar-refractivity contribution is 4.84. The van der Waals surface area contributed by atoms with E-state index >= 15 is 0 Å². The quantitative estimate of drug-likeness (QED) is 0.0689. The van der Waals surface area contributed by atoms with Crippen molar-refractivity contribution in [3.63, 3.8) is 0 Å². The molecule has 0 aliphatic rings. The Morgan fingerprint density at radius 1 is 0.447 bits per heavy atom. The molecule has 0 amide bonds. The Kier molecular flexibility index (Phi) is 25.7. The number of unbranched alkanes of at least 4 members (excludes halogenated alkanes) is 24. The van der Waals surface area contributed by atoms with Gasteiger partial charge in [0.25, 0.3) is 5.82 Å². The molecule has 224 valence electrons. The second-order valence-electron chi connectivity index (χ2n) is 12.3. The van der Waals surface area contributed by atoms with Gasteiger partial charge in [-0.15, -0.1) is 0 Å². The van der Waals surface area contributed by atoms with Crippen LogP contribution in [0.15, 0.2) is 12.4 Å². The third-order valence-electron chi connectivity index (χ3n) is 8.57. The Morgan fingerprint density at radius 3 is 1.21 bits per heavy atom. The zero-order valence-corrected chi connectivity index (χ0v) is 26.8. The topological polar surface area (TPSA) is 8.81 Å². The molecule has 0 radical (unpaired) electrons. The minimum absolute atomic E-state index is 1.22. The molecule has 38 heavy (non-hydrogen) atoms. The number of hydrogen-bond acceptors (Lipinski definition) is 0. The smallest absolute Gasteiger partial charge is 0.234 e. The van der Waals surface area contributed by atoms with Gasteiger partial charge in [-0.05, 0) is 32.1 Å². The van der Waals surface area contributed by atoms with Crippen molar-refractivity contribution in [1.29, 1.82) is 0 Å². The highest BCUT2D eigenvalue weighted by Gasteiger charge is 2.15. The highest BCUT2D eigenvalue weighted by Crippen LogP contribution is 2.14. The molecule has 2 nitrogen and oxygen atoms in total. The van der Waals surface area contributed by atoms with Crippen molar-refractivity contribution in [2.45, 2.75) is 214 Å². The molecule has 1 heterocycles. The fraction of sp³-hybridized carbons (Fsp3) is 0.917. The number of imidazole rings is 1. The largest absolute Gasteiger partial charge is 0.256 e. The van der Waals surface area contributed by atoms with Crippen molar-refractivity contribution in [3.8, 4) is 0 Å². The summed E-state index contributed by atoms with van der Waals surface area (Å²) in [6.07, 6.45) is 44.6. The van der Waals surface area contributed by atoms with E-state index in [4.69, 9.17) is 0 Å². The monoisotopic (exact) mass is 532 g/mol. The predicted octanol–water partition coefficient (Wildman–Crippen LogP) is 11.9. The molecule has 1 aromatic rings. The molecular weight excluding hydrogens is 460 g/mol. The van der Waals surface area contributed by atoms with Gasteiger partial charge in [0.1, 0.15) is 12.4 Å². The molecule has 0 aliphatic heterocycles. The first-order valence-corrected chi connectivity index (χ1v) is 17.9. The lowest BCUT2D eigenvalue weighted by molar-refractivity contribution is -0.704. The van der Waals surface area contributed by atoms with E-state index in [1.54, 1.807) is 5.82 Å². The molecular formula is C36H71N2+. The molecule has 1 rings (SSSR count). The molecule has 1 aromatic heterocycles. The van der Waals surface area contributed by atoms with Gasteiger partial charge in [0.2, 0.25) is 0 Å². The van der Waals surface area contributed by atoms with Crippen LogP contribution in [0.1, 0.15) is 200 Å². The lowest BCUT2D eigenvalue weighted by atomic mass is 10.0. The van der Waals surface area contributed by atoms with Crippen molar-refractivity contribution in [1.82, 2.24) is 4.57 Å². The van der Waals surface area contributed by atoms with Crippen LogP contribution in [0.4, 0.5) is 0 Å². The van der Waals surface area contributed by atoms with Crippen molar-refractivity contribution in [3.05, 3.63) is 18.2 Å². The normalized spacial score (nSPS) is 11.6. The summed E-state index contributed by atoms with van der Waals surface area (Å²) < 4.78 is 5.14. The Labute approximate surface area is 240 Å². The number of hydrogen-bond donors (Lipinski definition) is 0. The van der Waals surface area contributed by atoms with Crippen LogP contribution in [-0.2, 0) is 19.5 Å². The van der Waals surface area contributed by atoms with E-state index in [0.717, 1.165) is 0 Å². The number of aryl methyl sites for hydroxylation is 2. The molecule has 2 heteroatoms. The first-order chi connectivity index (χ1) is 18.8. The van der Waals surface area contributed by atoms with Gasteiger partial charge in [-0.25, -0.2) is 9.13 Å². The highest BCUT2D eigenvalue weighted by atomic mass is 15.1. The van der Waals surface area contributed by atoms with Gasteiger partial charge in [-0.3, -0.25) is 0 Å². The van der Waals surface area contributed by atoms with Crippen LogP contribution in [-0.4, -0.2) is 4.57 Å². The Balaban J connectivity index is 2.01. The van der Waals surface area contributed by atoms with Gasteiger partial charge < -0.3 is 0 Å². The number of aromatic nitrogens is 2. The molecule has 0 aromatic carbocycles. The SMILES string of the molecule is CCCCCCCCCCCCCCCCCC[n+]1ccn(CCCCCCCCCCCC)c1CCC. The van der Waals surface area contributed by atoms with E-state index < -0.39 is 0 Å². The first kappa shape index (κ1) is 35.2. The van der Waals surface area contributed by atoms with Crippen LogP contribution in [0, 0.1) is 0 Å². The fourth-order valence-electron chi connectivity index (χ4n) is 6.02. The van der Waals surface area contributed by atoms with Gasteiger partial charge in [0.15, 0.2) is 0 Å². The fourth-order valence-corrected chi connectivity index (χ4v) is 6.02. The average Bonchev–Trinajstić information content (AvgIpc) is 3.30. The van der Waals surface area contributed by atoms with Gasteiger partial charge >= 0.3 is 0 Å². The standard InChI is InChI=1S/C36H71N2/c1-4-7-9-11-13-15-17-18-19-20-21-22-24-26-28-30-33-38-35-34-37(36(38)31-6-3)32-29-27-25-23-16-14-12-10-8-5-2/h34-35H,4-33H2,1-3H3/q+1. The van der Waals surface area contributed by atoms with E-state index in [2.05, 4.69) is 42.3 Å². The zero-order valence-electron chi connectivity index (χ0n) is 26.8. The molecule has 0 bridgehead atoms. The van der Waals surface area contributed by atoms with Gasteiger partial charge in [-0.1, -0.05) is 162 Å². The van der Waals surface area contributed by atoms with Gasteiger partial charge in [0.05, 0.1) is 13.1 Å². The molecule has 0 N–H and O–H groups in total. The van der Waals surface area contributed by atoms with Crippen LogP contribution >= 0.6 is 0 Å². The summed E-state index contributed by atoms with van der Waals surface area (Å²) in [6.45, 7) is 9.38. The van der Waals surface area contributed by atoms with E-state index in [9.17, 15) is 0 Å². The predicted molar refractivity (Wildman–Crippen MR) is 170 cm³/mol. The zero-order chi connectivity index (χ0) is 27.4. The maximum Gasteiger partial charge on any atom is 0.256 e. The van der Waals surface area contributed by atoms with Crippen molar-refractivity contribution < 1.29 is 4.57 Å². The lowest BCUT2D eigenvalue weighted by Gasteiger charge is -2.06. The summed E-state index contributed by atoms with van der Waals surface area (Å²) in [6, 6.07) is 0. The van der Waals surface area contributed by atoms with E-state index in [1.807, 2.05) is 0 Å². The van der Waals surface area contributed by atoms with Crippen molar-refractivity contribution >= 4 is 0 Å². The minimum Gasteiger partial charge on any atom is -0.234 e. The van der Waals surface area contributed by atoms with Crippen LogP contribution in [0.3, 0.4) is 0 Å². The lowest BCUT2D eigenvalue weighted by Crippen LogP contribution is -2.37. The summed E-state index contributed by atoms with van der Waals surface area (Å²) in [5.41, 5.74) is 0.